The van der Waals surface area contributed by atoms with Crippen molar-refractivity contribution < 1.29 is 9.59 Å². The molecule has 2 aromatic rings. The molecule has 0 atom stereocenters. The Kier molecular flexibility index (Phi) is 2.99. The van der Waals surface area contributed by atoms with Crippen molar-refractivity contribution in [1.29, 1.82) is 0 Å². The number of carbonyl (C=O) groups is 1. The zero-order valence-corrected chi connectivity index (χ0v) is 9.23. The van der Waals surface area contributed by atoms with E-state index in [-0.39, 0.29) is 5.91 Å². The van der Waals surface area contributed by atoms with E-state index in [0.717, 1.165) is 10.8 Å². The topological polar surface area (TPSA) is 58.5 Å². The molecule has 0 aromatic heterocycles. The Hall–Kier alpha value is -2.45. The summed E-state index contributed by atoms with van der Waals surface area (Å²) in [5, 5.41) is 4.54. The second-order valence-corrected chi connectivity index (χ2v) is 3.60. The van der Waals surface area contributed by atoms with E-state index in [2.05, 4.69) is 10.3 Å². The number of anilines is 1. The highest BCUT2D eigenvalue weighted by molar-refractivity contribution is 6.03. The van der Waals surface area contributed by atoms with Gasteiger partial charge in [-0.2, -0.15) is 4.99 Å². The zero-order valence-electron chi connectivity index (χ0n) is 9.23. The molecular formula is C13H10N2O2. The standard InChI is InChI=1S/C13H10N2O2/c1-9(17)15-13-7-11(14-8-16)6-10-4-2-3-5-12(10)13/h2-7H,1H3,(H,15,17). The first kappa shape index (κ1) is 11.0. The smallest absolute Gasteiger partial charge is 0.240 e. The number of nitrogens with zero attached hydrogens (tertiary/aromatic N) is 1. The van der Waals surface area contributed by atoms with Crippen molar-refractivity contribution in [3.05, 3.63) is 36.4 Å². The number of hydrogen-bond acceptors (Lipinski definition) is 3. The molecule has 0 aliphatic rings. The van der Waals surface area contributed by atoms with Crippen molar-refractivity contribution in [1.82, 2.24) is 0 Å². The highest BCUT2D eigenvalue weighted by Crippen LogP contribution is 2.29. The van der Waals surface area contributed by atoms with Crippen LogP contribution in [0.5, 0.6) is 0 Å². The van der Waals surface area contributed by atoms with Gasteiger partial charge in [0.2, 0.25) is 12.0 Å². The number of amides is 1. The van der Waals surface area contributed by atoms with Gasteiger partial charge in [0, 0.05) is 12.3 Å². The molecule has 4 nitrogen and oxygen atoms in total. The number of rotatable bonds is 2. The third-order valence-electron chi connectivity index (χ3n) is 2.33. The van der Waals surface area contributed by atoms with E-state index in [1.54, 1.807) is 12.1 Å². The maximum atomic E-state index is 11.1. The van der Waals surface area contributed by atoms with E-state index in [4.69, 9.17) is 0 Å². The molecule has 0 unspecified atom stereocenters. The molecule has 0 aliphatic carbocycles. The maximum Gasteiger partial charge on any atom is 0.240 e. The van der Waals surface area contributed by atoms with Gasteiger partial charge >= 0.3 is 0 Å². The molecule has 84 valence electrons. The molecular weight excluding hydrogens is 216 g/mol. The lowest BCUT2D eigenvalue weighted by Crippen LogP contribution is -2.05. The maximum absolute atomic E-state index is 11.1. The summed E-state index contributed by atoms with van der Waals surface area (Å²) in [4.78, 5) is 24.9. The summed E-state index contributed by atoms with van der Waals surface area (Å²) in [6.45, 7) is 1.43. The summed E-state index contributed by atoms with van der Waals surface area (Å²) in [5.41, 5.74) is 1.12. The van der Waals surface area contributed by atoms with E-state index in [1.165, 1.54) is 13.0 Å². The fraction of sp³-hybridized carbons (Fsp3) is 0.0769. The Balaban J connectivity index is 2.68. The van der Waals surface area contributed by atoms with Crippen LogP contribution in [0.2, 0.25) is 0 Å². The summed E-state index contributed by atoms with van der Waals surface area (Å²) < 4.78 is 0. The highest BCUT2D eigenvalue weighted by atomic mass is 16.1. The van der Waals surface area contributed by atoms with Crippen molar-refractivity contribution in [2.45, 2.75) is 6.92 Å². The van der Waals surface area contributed by atoms with Crippen LogP contribution in [-0.4, -0.2) is 12.0 Å². The van der Waals surface area contributed by atoms with Gasteiger partial charge in [0.1, 0.15) is 0 Å². The lowest BCUT2D eigenvalue weighted by molar-refractivity contribution is -0.114. The van der Waals surface area contributed by atoms with Crippen LogP contribution in [0.3, 0.4) is 0 Å². The number of aliphatic imine (C=N–C) groups is 1. The lowest BCUT2D eigenvalue weighted by Gasteiger charge is -2.07. The summed E-state index contributed by atoms with van der Waals surface area (Å²) in [5.74, 6) is -0.164. The van der Waals surface area contributed by atoms with Gasteiger partial charge in [0.15, 0.2) is 0 Å². The Bertz CT molecular complexity index is 628. The van der Waals surface area contributed by atoms with E-state index in [9.17, 15) is 9.59 Å². The second kappa shape index (κ2) is 4.60. The minimum atomic E-state index is -0.164. The molecule has 17 heavy (non-hydrogen) atoms. The molecule has 0 fully saturated rings. The largest absolute Gasteiger partial charge is 0.326 e. The molecule has 0 bridgehead atoms. The average molecular weight is 226 g/mol. The van der Waals surface area contributed by atoms with Crippen LogP contribution in [0.4, 0.5) is 11.4 Å². The van der Waals surface area contributed by atoms with E-state index in [1.807, 2.05) is 24.3 Å². The van der Waals surface area contributed by atoms with Crippen molar-refractivity contribution in [3.63, 3.8) is 0 Å². The van der Waals surface area contributed by atoms with Gasteiger partial charge in [0.25, 0.3) is 0 Å². The SMILES string of the molecule is CC(=O)Nc1cc(N=C=O)cc2ccccc12. The van der Waals surface area contributed by atoms with Crippen molar-refractivity contribution in [2.75, 3.05) is 5.32 Å². The normalized spacial score (nSPS) is 9.71. The summed E-state index contributed by atoms with van der Waals surface area (Å²) >= 11 is 0. The fourth-order valence-corrected chi connectivity index (χ4v) is 1.71. The summed E-state index contributed by atoms with van der Waals surface area (Å²) in [6.07, 6.45) is 1.49. The van der Waals surface area contributed by atoms with Gasteiger partial charge in [-0.1, -0.05) is 24.3 Å². The summed E-state index contributed by atoms with van der Waals surface area (Å²) in [7, 11) is 0. The highest BCUT2D eigenvalue weighted by Gasteiger charge is 2.04. The third kappa shape index (κ3) is 2.38. The van der Waals surface area contributed by atoms with Gasteiger partial charge in [0.05, 0.1) is 11.4 Å². The van der Waals surface area contributed by atoms with Crippen LogP contribution in [0.25, 0.3) is 10.8 Å². The molecule has 1 N–H and O–H groups in total. The molecule has 2 rings (SSSR count). The fourth-order valence-electron chi connectivity index (χ4n) is 1.71. The van der Waals surface area contributed by atoms with Gasteiger partial charge in [-0.05, 0) is 17.5 Å². The second-order valence-electron chi connectivity index (χ2n) is 3.60. The van der Waals surface area contributed by atoms with Crippen LogP contribution in [0, 0.1) is 0 Å². The molecule has 2 aromatic carbocycles. The van der Waals surface area contributed by atoms with Gasteiger partial charge in [-0.15, -0.1) is 0 Å². The Morgan fingerprint density at radius 2 is 2.06 bits per heavy atom. The van der Waals surface area contributed by atoms with Crippen molar-refractivity contribution >= 4 is 34.1 Å². The first-order chi connectivity index (χ1) is 8.20. The number of carbonyl (C=O) groups excluding carboxylic acids is 2. The predicted octanol–water partition coefficient (Wildman–Crippen LogP) is 2.77. The summed E-state index contributed by atoms with van der Waals surface area (Å²) in [6, 6.07) is 11.0. The van der Waals surface area contributed by atoms with Crippen LogP contribution in [0.15, 0.2) is 41.4 Å². The van der Waals surface area contributed by atoms with Crippen LogP contribution in [0.1, 0.15) is 6.92 Å². The number of nitrogens with one attached hydrogen (secondary N) is 1. The number of hydrogen-bond donors (Lipinski definition) is 1. The van der Waals surface area contributed by atoms with Crippen molar-refractivity contribution in [2.24, 2.45) is 4.99 Å². The monoisotopic (exact) mass is 226 g/mol. The Morgan fingerprint density at radius 3 is 2.76 bits per heavy atom. The molecule has 0 aliphatic heterocycles. The molecule has 1 amide bonds. The van der Waals surface area contributed by atoms with Crippen LogP contribution < -0.4 is 5.32 Å². The van der Waals surface area contributed by atoms with Crippen LogP contribution in [-0.2, 0) is 9.59 Å². The molecule has 0 saturated carbocycles. The van der Waals surface area contributed by atoms with E-state index in [0.29, 0.717) is 11.4 Å². The third-order valence-corrected chi connectivity index (χ3v) is 2.33. The molecule has 0 radical (unpaired) electrons. The van der Waals surface area contributed by atoms with E-state index < -0.39 is 0 Å². The van der Waals surface area contributed by atoms with Gasteiger partial charge in [-0.25, -0.2) is 4.79 Å². The van der Waals surface area contributed by atoms with Crippen molar-refractivity contribution in [3.8, 4) is 0 Å². The van der Waals surface area contributed by atoms with Gasteiger partial charge in [-0.3, -0.25) is 4.79 Å². The first-order valence-corrected chi connectivity index (χ1v) is 5.09. The minimum Gasteiger partial charge on any atom is -0.326 e. The van der Waals surface area contributed by atoms with Crippen LogP contribution >= 0.6 is 0 Å². The minimum absolute atomic E-state index is 0.164. The number of fused-ring (bicyclic) bond motifs is 1. The van der Waals surface area contributed by atoms with Gasteiger partial charge < -0.3 is 5.32 Å². The number of isocyanates is 1. The molecule has 0 heterocycles. The Labute approximate surface area is 98.0 Å². The Morgan fingerprint density at radius 1 is 1.29 bits per heavy atom. The molecule has 4 heteroatoms. The lowest BCUT2D eigenvalue weighted by atomic mass is 10.1. The molecule has 0 saturated heterocycles. The average Bonchev–Trinajstić information content (AvgIpc) is 2.29. The first-order valence-electron chi connectivity index (χ1n) is 5.09. The molecule has 0 spiro atoms. The predicted molar refractivity (Wildman–Crippen MR) is 66.0 cm³/mol. The quantitative estimate of drug-likeness (QED) is 0.632. The van der Waals surface area contributed by atoms with E-state index >= 15 is 0 Å². The zero-order chi connectivity index (χ0) is 12.3. The number of benzene rings is 2.